The van der Waals surface area contributed by atoms with Gasteiger partial charge in [-0.1, -0.05) is 42.5 Å². The van der Waals surface area contributed by atoms with Gasteiger partial charge in [-0.2, -0.15) is 0 Å². The number of ether oxygens (including phenoxy) is 1. The fourth-order valence-electron chi connectivity index (χ4n) is 4.04. The number of nitro groups is 1. The van der Waals surface area contributed by atoms with Crippen molar-refractivity contribution in [3.63, 3.8) is 0 Å². The molecule has 12 heteroatoms. The Morgan fingerprint density at radius 3 is 2.54 bits per heavy atom. The molecule has 2 fully saturated rings. The van der Waals surface area contributed by atoms with Crippen LogP contribution >= 0.6 is 0 Å². The summed E-state index contributed by atoms with van der Waals surface area (Å²) in [6, 6.07) is 11.9. The van der Waals surface area contributed by atoms with Crippen LogP contribution in [0.3, 0.4) is 0 Å². The first kappa shape index (κ1) is 24.0. The van der Waals surface area contributed by atoms with Gasteiger partial charge in [-0.05, 0) is 11.6 Å². The SMILES string of the molecule is O=C=C1CS(=O)[C@@H]2C(NC(=O)Cc3ccccc3)C(=O)N2C1C(=O)OCc1ccccc1[N+](=O)[O-]. The van der Waals surface area contributed by atoms with Crippen molar-refractivity contribution in [2.75, 3.05) is 5.75 Å². The lowest BCUT2D eigenvalue weighted by atomic mass is 9.98. The van der Waals surface area contributed by atoms with Gasteiger partial charge in [0.2, 0.25) is 11.8 Å². The van der Waals surface area contributed by atoms with Crippen LogP contribution in [0.1, 0.15) is 11.1 Å². The largest absolute Gasteiger partial charge is 0.459 e. The van der Waals surface area contributed by atoms with Crippen LogP contribution in [-0.2, 0) is 47.7 Å². The number of carbonyl (C=O) groups excluding carboxylic acids is 4. The molecule has 180 valence electrons. The molecule has 2 heterocycles. The van der Waals surface area contributed by atoms with E-state index in [1.807, 2.05) is 0 Å². The van der Waals surface area contributed by atoms with E-state index < -0.39 is 57.6 Å². The maximum absolute atomic E-state index is 12.9. The summed E-state index contributed by atoms with van der Waals surface area (Å²) >= 11 is 0. The zero-order valence-corrected chi connectivity index (χ0v) is 18.9. The van der Waals surface area contributed by atoms with Crippen LogP contribution in [0.5, 0.6) is 0 Å². The number of β-lactam (4-membered cyclic amide) rings is 1. The van der Waals surface area contributed by atoms with Crippen molar-refractivity contribution < 1.29 is 33.0 Å². The quantitative estimate of drug-likeness (QED) is 0.190. The molecule has 4 rings (SSSR count). The predicted molar refractivity (Wildman–Crippen MR) is 122 cm³/mol. The molecule has 0 saturated carbocycles. The predicted octanol–water partition coefficient (Wildman–Crippen LogP) is 0.423. The van der Waals surface area contributed by atoms with Gasteiger partial charge >= 0.3 is 5.97 Å². The number of nitrogens with zero attached hydrogens (tertiary/aromatic N) is 2. The van der Waals surface area contributed by atoms with E-state index in [1.165, 1.54) is 24.3 Å². The molecular weight excluding hydrogens is 478 g/mol. The molecule has 0 bridgehead atoms. The number of esters is 1. The maximum atomic E-state index is 12.9. The molecule has 0 aromatic heterocycles. The zero-order valence-electron chi connectivity index (χ0n) is 18.1. The Labute approximate surface area is 201 Å². The highest BCUT2D eigenvalue weighted by atomic mass is 32.2. The van der Waals surface area contributed by atoms with Crippen LogP contribution in [0, 0.1) is 10.1 Å². The van der Waals surface area contributed by atoms with Crippen LogP contribution in [0.4, 0.5) is 5.69 Å². The molecule has 35 heavy (non-hydrogen) atoms. The lowest BCUT2D eigenvalue weighted by Gasteiger charge is -2.51. The van der Waals surface area contributed by atoms with Gasteiger partial charge in [0.1, 0.15) is 24.0 Å². The number of benzene rings is 2. The third-order valence-electron chi connectivity index (χ3n) is 5.69. The van der Waals surface area contributed by atoms with Crippen molar-refractivity contribution in [3.05, 3.63) is 81.4 Å². The Morgan fingerprint density at radius 1 is 1.17 bits per heavy atom. The third kappa shape index (κ3) is 4.75. The summed E-state index contributed by atoms with van der Waals surface area (Å²) in [5.41, 5.74) is 0.366. The molecule has 1 N–H and O–H groups in total. The number of amides is 2. The van der Waals surface area contributed by atoms with Crippen LogP contribution in [-0.4, -0.2) is 61.0 Å². The van der Waals surface area contributed by atoms with Gasteiger partial charge < -0.3 is 15.0 Å². The smallest absolute Gasteiger partial charge is 0.334 e. The van der Waals surface area contributed by atoms with Gasteiger partial charge in [-0.3, -0.25) is 23.9 Å². The zero-order chi connectivity index (χ0) is 25.1. The Hall–Kier alpha value is -4.15. The van der Waals surface area contributed by atoms with E-state index in [2.05, 4.69) is 5.32 Å². The molecular formula is C23H19N3O8S. The molecule has 4 atom stereocenters. The van der Waals surface area contributed by atoms with Gasteiger partial charge in [-0.25, -0.2) is 9.59 Å². The molecule has 0 spiro atoms. The van der Waals surface area contributed by atoms with Gasteiger partial charge in [0.25, 0.3) is 5.69 Å². The molecule has 11 nitrogen and oxygen atoms in total. The molecule has 2 amide bonds. The minimum Gasteiger partial charge on any atom is -0.459 e. The molecule has 2 aromatic carbocycles. The minimum absolute atomic E-state index is 0.00475. The average Bonchev–Trinajstić information content (AvgIpc) is 2.85. The summed E-state index contributed by atoms with van der Waals surface area (Å²) in [5, 5.41) is 12.7. The maximum Gasteiger partial charge on any atom is 0.334 e. The first-order chi connectivity index (χ1) is 16.8. The molecule has 3 unspecified atom stereocenters. The average molecular weight is 497 g/mol. The first-order valence-electron chi connectivity index (χ1n) is 10.5. The van der Waals surface area contributed by atoms with E-state index in [1.54, 1.807) is 36.3 Å². The molecule has 2 saturated heterocycles. The fraction of sp³-hybridized carbons (Fsp3) is 0.261. The van der Waals surface area contributed by atoms with Gasteiger partial charge in [0, 0.05) is 6.07 Å². The fourth-order valence-corrected chi connectivity index (χ4v) is 5.70. The third-order valence-corrected chi connectivity index (χ3v) is 7.33. The summed E-state index contributed by atoms with van der Waals surface area (Å²) in [5.74, 6) is -0.913. The number of hydrogen-bond donors (Lipinski definition) is 1. The highest BCUT2D eigenvalue weighted by molar-refractivity contribution is 7.86. The highest BCUT2D eigenvalue weighted by Gasteiger charge is 2.60. The first-order valence-corrected chi connectivity index (χ1v) is 11.9. The molecule has 2 aliphatic rings. The Balaban J connectivity index is 1.48. The van der Waals surface area contributed by atoms with Crippen LogP contribution in [0.15, 0.2) is 60.2 Å². The second-order valence-corrected chi connectivity index (χ2v) is 9.43. The standard InChI is InChI=1S/C23H19N3O8S/c27-11-16-13-35(33)22-19(24-18(28)10-14-6-2-1-3-7-14)21(29)25(22)20(16)23(30)34-12-15-8-4-5-9-17(15)26(31)32/h1-9,19-20,22H,10,12-13H2,(H,24,28)/t19?,20?,22-,35?/m1/s1. The van der Waals surface area contributed by atoms with Gasteiger partial charge in [0.15, 0.2) is 6.04 Å². The van der Waals surface area contributed by atoms with E-state index in [4.69, 9.17) is 4.74 Å². The summed E-state index contributed by atoms with van der Waals surface area (Å²) in [4.78, 5) is 61.1. The summed E-state index contributed by atoms with van der Waals surface area (Å²) in [7, 11) is -1.77. The number of nitrogens with one attached hydrogen (secondary N) is 1. The lowest BCUT2D eigenvalue weighted by molar-refractivity contribution is -0.385. The van der Waals surface area contributed by atoms with Crippen molar-refractivity contribution in [3.8, 4) is 0 Å². The monoisotopic (exact) mass is 497 g/mol. The number of nitro benzene ring substituents is 1. The van der Waals surface area contributed by atoms with Crippen LogP contribution in [0.2, 0.25) is 0 Å². The van der Waals surface area contributed by atoms with Crippen molar-refractivity contribution in [2.45, 2.75) is 30.5 Å². The Morgan fingerprint density at radius 2 is 1.86 bits per heavy atom. The summed E-state index contributed by atoms with van der Waals surface area (Å²) < 4.78 is 17.9. The second-order valence-electron chi connectivity index (χ2n) is 7.89. The normalized spacial score (nSPS) is 22.9. The van der Waals surface area contributed by atoms with Crippen molar-refractivity contribution >= 4 is 40.2 Å². The van der Waals surface area contributed by atoms with Crippen LogP contribution < -0.4 is 5.32 Å². The number of carbonyl (C=O) groups is 3. The van der Waals surface area contributed by atoms with E-state index in [0.29, 0.717) is 0 Å². The van der Waals surface area contributed by atoms with E-state index >= 15 is 0 Å². The van der Waals surface area contributed by atoms with Crippen molar-refractivity contribution in [1.29, 1.82) is 0 Å². The molecule has 2 aliphatic heterocycles. The Kier molecular flexibility index (Phi) is 6.85. The number of para-hydroxylation sites is 1. The minimum atomic E-state index is -1.77. The van der Waals surface area contributed by atoms with Crippen molar-refractivity contribution in [2.24, 2.45) is 0 Å². The molecule has 2 aromatic rings. The number of hydrogen-bond acceptors (Lipinski definition) is 8. The van der Waals surface area contributed by atoms with E-state index in [9.17, 15) is 33.5 Å². The Bertz CT molecular complexity index is 1270. The second kappa shape index (κ2) is 10.00. The highest BCUT2D eigenvalue weighted by Crippen LogP contribution is 2.35. The molecule has 0 aliphatic carbocycles. The number of rotatable bonds is 7. The van der Waals surface area contributed by atoms with Crippen LogP contribution in [0.25, 0.3) is 0 Å². The van der Waals surface area contributed by atoms with Crippen molar-refractivity contribution in [1.82, 2.24) is 10.2 Å². The van der Waals surface area contributed by atoms with Gasteiger partial charge in [-0.15, -0.1) is 0 Å². The number of fused-ring (bicyclic) bond motifs is 1. The van der Waals surface area contributed by atoms with E-state index in [-0.39, 0.29) is 29.0 Å². The summed E-state index contributed by atoms with van der Waals surface area (Å²) in [6.07, 6.45) is 0.00475. The summed E-state index contributed by atoms with van der Waals surface area (Å²) in [6.45, 7) is -0.467. The molecule has 0 radical (unpaired) electrons. The topological polar surface area (TPSA) is 153 Å². The van der Waals surface area contributed by atoms with Gasteiger partial charge in [0.05, 0.1) is 39.0 Å². The van der Waals surface area contributed by atoms with E-state index in [0.717, 1.165) is 10.5 Å². The lowest BCUT2D eigenvalue weighted by Crippen LogP contribution is -2.77.